The summed E-state index contributed by atoms with van der Waals surface area (Å²) in [6.45, 7) is 2.94. The molecule has 3 N–H and O–H groups in total. The van der Waals surface area contributed by atoms with Crippen molar-refractivity contribution in [3.63, 3.8) is 0 Å². The van der Waals surface area contributed by atoms with Gasteiger partial charge in [-0.2, -0.15) is 0 Å². The Bertz CT molecular complexity index is 510. The zero-order chi connectivity index (χ0) is 12.3. The lowest BCUT2D eigenvalue weighted by Gasteiger charge is -2.08. The number of hydrogen-bond donors (Lipinski definition) is 2. The van der Waals surface area contributed by atoms with Gasteiger partial charge in [0.1, 0.15) is 5.82 Å². The predicted octanol–water partition coefficient (Wildman–Crippen LogP) is 3.66. The number of nitrogens with zero attached hydrogens (tertiary/aromatic N) is 1. The molecule has 2 aromatic heterocycles. The first-order valence-electron chi connectivity index (χ1n) is 5.41. The van der Waals surface area contributed by atoms with Gasteiger partial charge in [-0.1, -0.05) is 6.92 Å². The maximum absolute atomic E-state index is 5.88. The maximum Gasteiger partial charge on any atom is 0.149 e. The molecule has 3 nitrogen and oxygen atoms in total. The molecule has 0 atom stereocenters. The van der Waals surface area contributed by atoms with Crippen LogP contribution in [0.1, 0.15) is 17.4 Å². The molecule has 0 saturated heterocycles. The molecule has 5 heteroatoms. The summed E-state index contributed by atoms with van der Waals surface area (Å²) in [6, 6.07) is 4.02. The first-order valence-corrected chi connectivity index (χ1v) is 7.08. The van der Waals surface area contributed by atoms with Crippen LogP contribution in [0.3, 0.4) is 0 Å². The van der Waals surface area contributed by atoms with Gasteiger partial charge in [-0.25, -0.2) is 4.98 Å². The van der Waals surface area contributed by atoms with Crippen LogP contribution in [0.15, 0.2) is 28.2 Å². The van der Waals surface area contributed by atoms with Crippen molar-refractivity contribution in [3.8, 4) is 0 Å². The third kappa shape index (κ3) is 2.98. The Labute approximate surface area is 113 Å². The highest BCUT2D eigenvalue weighted by molar-refractivity contribution is 9.10. The summed E-state index contributed by atoms with van der Waals surface area (Å²) in [5.41, 5.74) is 7.93. The highest BCUT2D eigenvalue weighted by Gasteiger charge is 2.05. The summed E-state index contributed by atoms with van der Waals surface area (Å²) in [5, 5.41) is 5.39. The molecule has 0 radical (unpaired) electrons. The number of aryl methyl sites for hydroxylation is 1. The number of rotatable bonds is 4. The van der Waals surface area contributed by atoms with Crippen molar-refractivity contribution in [1.82, 2.24) is 4.98 Å². The topological polar surface area (TPSA) is 50.9 Å². The van der Waals surface area contributed by atoms with E-state index in [1.54, 1.807) is 17.5 Å². The Morgan fingerprint density at radius 3 is 3.06 bits per heavy atom. The normalized spacial score (nSPS) is 10.5. The molecule has 0 bridgehead atoms. The van der Waals surface area contributed by atoms with Crippen molar-refractivity contribution in [2.45, 2.75) is 19.9 Å². The van der Waals surface area contributed by atoms with Crippen LogP contribution < -0.4 is 11.1 Å². The standard InChI is InChI=1S/C12H14BrN3S/c1-2-8-3-4-17-11(8)7-16-12-10(14)5-9(13)6-15-12/h3-6H,2,7,14H2,1H3,(H,15,16). The van der Waals surface area contributed by atoms with Crippen molar-refractivity contribution < 1.29 is 0 Å². The third-order valence-corrected chi connectivity index (χ3v) is 3.92. The van der Waals surface area contributed by atoms with Gasteiger partial charge < -0.3 is 11.1 Å². The molecule has 0 amide bonds. The molecule has 0 spiro atoms. The molecule has 17 heavy (non-hydrogen) atoms. The van der Waals surface area contributed by atoms with E-state index in [1.807, 2.05) is 6.07 Å². The monoisotopic (exact) mass is 311 g/mol. The van der Waals surface area contributed by atoms with E-state index in [-0.39, 0.29) is 0 Å². The number of aromatic nitrogens is 1. The first-order chi connectivity index (χ1) is 8.20. The average molecular weight is 312 g/mol. The quantitative estimate of drug-likeness (QED) is 0.906. The summed E-state index contributed by atoms with van der Waals surface area (Å²) < 4.78 is 0.894. The number of nitrogens with one attached hydrogen (secondary N) is 1. The lowest BCUT2D eigenvalue weighted by molar-refractivity contribution is 1.07. The van der Waals surface area contributed by atoms with E-state index in [0.717, 1.165) is 23.3 Å². The van der Waals surface area contributed by atoms with Crippen molar-refractivity contribution in [3.05, 3.63) is 38.6 Å². The number of halogens is 1. The van der Waals surface area contributed by atoms with Gasteiger partial charge in [0.25, 0.3) is 0 Å². The lowest BCUT2D eigenvalue weighted by atomic mass is 10.2. The number of anilines is 2. The molecule has 0 saturated carbocycles. The molecule has 0 aliphatic heterocycles. The molecule has 0 aliphatic carbocycles. The van der Waals surface area contributed by atoms with Gasteiger partial charge in [-0.15, -0.1) is 11.3 Å². The average Bonchev–Trinajstić information content (AvgIpc) is 2.75. The Morgan fingerprint density at radius 1 is 1.53 bits per heavy atom. The first kappa shape index (κ1) is 12.4. The van der Waals surface area contributed by atoms with Gasteiger partial charge in [0, 0.05) is 15.5 Å². The van der Waals surface area contributed by atoms with Gasteiger partial charge in [0.05, 0.1) is 12.2 Å². The van der Waals surface area contributed by atoms with Gasteiger partial charge in [-0.05, 0) is 45.4 Å². The molecule has 0 aromatic carbocycles. The fraction of sp³-hybridized carbons (Fsp3) is 0.250. The van der Waals surface area contributed by atoms with E-state index in [0.29, 0.717) is 5.69 Å². The molecule has 2 aromatic rings. The molecule has 2 rings (SSSR count). The Morgan fingerprint density at radius 2 is 2.35 bits per heavy atom. The SMILES string of the molecule is CCc1ccsc1CNc1ncc(Br)cc1N. The summed E-state index contributed by atoms with van der Waals surface area (Å²) in [5.74, 6) is 0.739. The van der Waals surface area contributed by atoms with Crippen LogP contribution in [-0.4, -0.2) is 4.98 Å². The Hall–Kier alpha value is -1.07. The molecule has 90 valence electrons. The highest BCUT2D eigenvalue weighted by atomic mass is 79.9. The number of thiophene rings is 1. The van der Waals surface area contributed by atoms with Crippen LogP contribution in [0.2, 0.25) is 0 Å². The summed E-state index contributed by atoms with van der Waals surface area (Å²) in [7, 11) is 0. The summed E-state index contributed by atoms with van der Waals surface area (Å²) in [6.07, 6.45) is 2.80. The Kier molecular flexibility index (Phi) is 4.02. The number of nitrogens with two attached hydrogens (primary N) is 1. The molecular formula is C12H14BrN3S. The summed E-state index contributed by atoms with van der Waals surface area (Å²) in [4.78, 5) is 5.60. The van der Waals surface area contributed by atoms with Gasteiger partial charge in [0.2, 0.25) is 0 Å². The fourth-order valence-electron chi connectivity index (χ4n) is 1.60. The molecule has 0 fully saturated rings. The van der Waals surface area contributed by atoms with Crippen molar-refractivity contribution >= 4 is 38.8 Å². The van der Waals surface area contributed by atoms with E-state index in [1.165, 1.54) is 10.4 Å². The van der Waals surface area contributed by atoms with Crippen molar-refractivity contribution in [2.24, 2.45) is 0 Å². The molecule has 2 heterocycles. The second kappa shape index (κ2) is 5.51. The minimum Gasteiger partial charge on any atom is -0.396 e. The third-order valence-electron chi connectivity index (χ3n) is 2.52. The largest absolute Gasteiger partial charge is 0.396 e. The van der Waals surface area contributed by atoms with Crippen LogP contribution in [0.4, 0.5) is 11.5 Å². The van der Waals surface area contributed by atoms with E-state index in [4.69, 9.17) is 5.73 Å². The minimum atomic E-state index is 0.661. The van der Waals surface area contributed by atoms with Gasteiger partial charge >= 0.3 is 0 Å². The van der Waals surface area contributed by atoms with Gasteiger partial charge in [-0.3, -0.25) is 0 Å². The zero-order valence-corrected chi connectivity index (χ0v) is 11.9. The highest BCUT2D eigenvalue weighted by Crippen LogP contribution is 2.22. The van der Waals surface area contributed by atoms with Crippen LogP contribution in [0, 0.1) is 0 Å². The molecule has 0 aliphatic rings. The van der Waals surface area contributed by atoms with Crippen molar-refractivity contribution in [1.29, 1.82) is 0 Å². The summed E-state index contributed by atoms with van der Waals surface area (Å²) >= 11 is 5.10. The molecule has 0 unspecified atom stereocenters. The number of pyridine rings is 1. The van der Waals surface area contributed by atoms with Crippen LogP contribution in [-0.2, 0) is 13.0 Å². The predicted molar refractivity (Wildman–Crippen MR) is 77.4 cm³/mol. The number of hydrogen-bond acceptors (Lipinski definition) is 4. The molecular weight excluding hydrogens is 298 g/mol. The van der Waals surface area contributed by atoms with Crippen LogP contribution >= 0.6 is 27.3 Å². The van der Waals surface area contributed by atoms with E-state index < -0.39 is 0 Å². The van der Waals surface area contributed by atoms with Crippen LogP contribution in [0.25, 0.3) is 0 Å². The van der Waals surface area contributed by atoms with Crippen LogP contribution in [0.5, 0.6) is 0 Å². The van der Waals surface area contributed by atoms with E-state index in [9.17, 15) is 0 Å². The second-order valence-electron chi connectivity index (χ2n) is 3.67. The fourth-order valence-corrected chi connectivity index (χ4v) is 2.87. The zero-order valence-electron chi connectivity index (χ0n) is 9.53. The van der Waals surface area contributed by atoms with E-state index >= 15 is 0 Å². The van der Waals surface area contributed by atoms with Crippen molar-refractivity contribution in [2.75, 3.05) is 11.1 Å². The van der Waals surface area contributed by atoms with E-state index in [2.05, 4.69) is 44.6 Å². The van der Waals surface area contributed by atoms with Gasteiger partial charge in [0.15, 0.2) is 0 Å². The number of nitrogen functional groups attached to an aromatic ring is 1. The maximum atomic E-state index is 5.88. The lowest BCUT2D eigenvalue weighted by Crippen LogP contribution is -2.04. The second-order valence-corrected chi connectivity index (χ2v) is 5.58. The Balaban J connectivity index is 2.07. The minimum absolute atomic E-state index is 0.661. The smallest absolute Gasteiger partial charge is 0.149 e.